The fourth-order valence-electron chi connectivity index (χ4n) is 5.30. The molecule has 0 N–H and O–H groups in total. The number of carbonyl (C=O) groups excluding carboxylic acids is 4. The Labute approximate surface area is 191 Å². The third-order valence-corrected chi connectivity index (χ3v) is 7.28. The van der Waals surface area contributed by atoms with Gasteiger partial charge in [0.25, 0.3) is 0 Å². The molecule has 8 heteroatoms. The minimum atomic E-state index is -0.148. The van der Waals surface area contributed by atoms with Crippen molar-refractivity contribution in [1.29, 1.82) is 0 Å². The Hall–Kier alpha value is -2.12. The van der Waals surface area contributed by atoms with Crippen molar-refractivity contribution in [2.45, 2.75) is 65.2 Å². The van der Waals surface area contributed by atoms with Gasteiger partial charge < -0.3 is 19.3 Å². The lowest BCUT2D eigenvalue weighted by Crippen LogP contribution is -2.46. The van der Waals surface area contributed by atoms with Crippen molar-refractivity contribution in [2.24, 2.45) is 23.7 Å². The number of likely N-dealkylation sites (tertiary alicyclic amines) is 2. The van der Waals surface area contributed by atoms with Gasteiger partial charge in [-0.25, -0.2) is 0 Å². The van der Waals surface area contributed by atoms with Gasteiger partial charge in [-0.2, -0.15) is 0 Å². The first kappa shape index (κ1) is 24.5. The van der Waals surface area contributed by atoms with Gasteiger partial charge >= 0.3 is 11.9 Å². The molecule has 2 saturated heterocycles. The minimum absolute atomic E-state index is 0.0206. The number of esters is 2. The van der Waals surface area contributed by atoms with Gasteiger partial charge in [0.2, 0.25) is 11.8 Å². The lowest BCUT2D eigenvalue weighted by atomic mass is 9.80. The number of carbonyl (C=O) groups is 4. The average molecular weight is 451 g/mol. The summed E-state index contributed by atoms with van der Waals surface area (Å²) in [6, 6.07) is 0. The Bertz CT molecular complexity index is 614. The second-order valence-electron chi connectivity index (χ2n) is 9.25. The predicted molar refractivity (Wildman–Crippen MR) is 117 cm³/mol. The highest BCUT2D eigenvalue weighted by molar-refractivity contribution is 5.82. The monoisotopic (exact) mass is 450 g/mol. The first-order valence-electron chi connectivity index (χ1n) is 12.3. The van der Waals surface area contributed by atoms with Crippen LogP contribution < -0.4 is 0 Å². The normalized spacial score (nSPS) is 25.3. The van der Waals surface area contributed by atoms with Crippen molar-refractivity contribution in [3.05, 3.63) is 0 Å². The van der Waals surface area contributed by atoms with Crippen molar-refractivity contribution >= 4 is 23.8 Å². The van der Waals surface area contributed by atoms with Gasteiger partial charge in [-0.3, -0.25) is 19.2 Å². The molecule has 2 heterocycles. The molecule has 1 aliphatic carbocycles. The fourth-order valence-corrected chi connectivity index (χ4v) is 5.30. The highest BCUT2D eigenvalue weighted by atomic mass is 16.5. The van der Waals surface area contributed by atoms with Crippen LogP contribution in [0.3, 0.4) is 0 Å². The molecule has 3 rings (SSSR count). The summed E-state index contributed by atoms with van der Waals surface area (Å²) in [5, 5.41) is 0. The Morgan fingerprint density at radius 2 is 0.875 bits per heavy atom. The maximum atomic E-state index is 13.0. The Morgan fingerprint density at radius 1 is 0.562 bits per heavy atom. The molecule has 2 aliphatic heterocycles. The Morgan fingerprint density at radius 3 is 1.16 bits per heavy atom. The summed E-state index contributed by atoms with van der Waals surface area (Å²) in [7, 11) is 0. The Kier molecular flexibility index (Phi) is 8.93. The average Bonchev–Trinajstić information content (AvgIpc) is 2.84. The van der Waals surface area contributed by atoms with Gasteiger partial charge in [-0.05, 0) is 65.2 Å². The molecule has 0 aromatic rings. The molecule has 0 spiro atoms. The number of hydrogen-bond acceptors (Lipinski definition) is 6. The van der Waals surface area contributed by atoms with Gasteiger partial charge in [-0.15, -0.1) is 0 Å². The maximum Gasteiger partial charge on any atom is 0.309 e. The van der Waals surface area contributed by atoms with Crippen molar-refractivity contribution in [3.63, 3.8) is 0 Å². The number of piperidine rings is 2. The van der Waals surface area contributed by atoms with Crippen LogP contribution >= 0.6 is 0 Å². The van der Waals surface area contributed by atoms with E-state index in [1.807, 2.05) is 23.6 Å². The highest BCUT2D eigenvalue weighted by Gasteiger charge is 2.37. The highest BCUT2D eigenvalue weighted by Crippen LogP contribution is 2.33. The summed E-state index contributed by atoms with van der Waals surface area (Å²) in [5.74, 6) is -0.183. The quantitative estimate of drug-likeness (QED) is 0.577. The topological polar surface area (TPSA) is 93.2 Å². The zero-order valence-corrected chi connectivity index (χ0v) is 19.6. The molecule has 0 bridgehead atoms. The van der Waals surface area contributed by atoms with Crippen LogP contribution in [0, 0.1) is 23.7 Å². The zero-order chi connectivity index (χ0) is 23.1. The molecule has 8 nitrogen and oxygen atoms in total. The van der Waals surface area contributed by atoms with E-state index in [-0.39, 0.29) is 47.4 Å². The number of nitrogens with zero attached hydrogens (tertiary/aromatic N) is 2. The third-order valence-electron chi connectivity index (χ3n) is 7.28. The third kappa shape index (κ3) is 6.01. The molecule has 0 unspecified atom stereocenters. The van der Waals surface area contributed by atoms with Crippen LogP contribution in [0.1, 0.15) is 65.2 Å². The Balaban J connectivity index is 1.39. The van der Waals surface area contributed by atoms with Crippen molar-refractivity contribution in [3.8, 4) is 0 Å². The van der Waals surface area contributed by atoms with E-state index in [4.69, 9.17) is 9.47 Å². The van der Waals surface area contributed by atoms with Gasteiger partial charge in [0.15, 0.2) is 0 Å². The predicted octanol–water partition coefficient (Wildman–Crippen LogP) is 2.40. The molecule has 0 radical (unpaired) electrons. The first-order chi connectivity index (χ1) is 15.4. The van der Waals surface area contributed by atoms with Crippen molar-refractivity contribution in [2.75, 3.05) is 39.4 Å². The standard InChI is InChI=1S/C24H38N2O6/c1-3-31-23(29)19-9-13-25(14-10-19)21(27)17-5-7-18(8-6-17)22(28)26-15-11-20(12-16-26)24(30)32-4-2/h17-20H,3-16H2,1-2H3. The van der Waals surface area contributed by atoms with Crippen LogP contribution in [0.5, 0.6) is 0 Å². The van der Waals surface area contributed by atoms with Crippen LogP contribution in [-0.2, 0) is 28.7 Å². The van der Waals surface area contributed by atoms with E-state index < -0.39 is 0 Å². The first-order valence-corrected chi connectivity index (χ1v) is 12.3. The fraction of sp³-hybridized carbons (Fsp3) is 0.833. The van der Waals surface area contributed by atoms with Crippen LogP contribution in [0.2, 0.25) is 0 Å². The molecule has 180 valence electrons. The lowest BCUT2D eigenvalue weighted by Gasteiger charge is -2.37. The summed E-state index contributed by atoms with van der Waals surface area (Å²) in [6.07, 6.45) is 5.64. The van der Waals surface area contributed by atoms with Crippen molar-refractivity contribution < 1.29 is 28.7 Å². The summed E-state index contributed by atoms with van der Waals surface area (Å²) in [5.41, 5.74) is 0. The number of rotatable bonds is 6. The minimum Gasteiger partial charge on any atom is -0.466 e. The van der Waals surface area contributed by atoms with E-state index >= 15 is 0 Å². The van der Waals surface area contributed by atoms with E-state index in [9.17, 15) is 19.2 Å². The second kappa shape index (κ2) is 11.7. The second-order valence-corrected chi connectivity index (χ2v) is 9.25. The molecule has 0 aromatic carbocycles. The number of ether oxygens (including phenoxy) is 2. The summed E-state index contributed by atoms with van der Waals surface area (Å²) < 4.78 is 10.2. The molecule has 0 atom stereocenters. The summed E-state index contributed by atoms with van der Waals surface area (Å²) >= 11 is 0. The molecular weight excluding hydrogens is 412 g/mol. The molecule has 1 saturated carbocycles. The van der Waals surface area contributed by atoms with Gasteiger partial charge in [0.05, 0.1) is 25.0 Å². The summed E-state index contributed by atoms with van der Waals surface area (Å²) in [6.45, 7) is 6.83. The van der Waals surface area contributed by atoms with E-state index in [1.54, 1.807) is 0 Å². The SMILES string of the molecule is CCOC(=O)C1CCN(C(=O)C2CCC(C(=O)N3CCC(C(=O)OCC)CC3)CC2)CC1. The van der Waals surface area contributed by atoms with E-state index in [0.29, 0.717) is 65.1 Å². The number of hydrogen-bond donors (Lipinski definition) is 0. The van der Waals surface area contributed by atoms with Crippen LogP contribution in [0.25, 0.3) is 0 Å². The smallest absolute Gasteiger partial charge is 0.309 e. The lowest BCUT2D eigenvalue weighted by molar-refractivity contribution is -0.153. The van der Waals surface area contributed by atoms with Crippen LogP contribution in [0.15, 0.2) is 0 Å². The van der Waals surface area contributed by atoms with E-state index in [2.05, 4.69) is 0 Å². The zero-order valence-electron chi connectivity index (χ0n) is 19.6. The summed E-state index contributed by atoms with van der Waals surface area (Å²) in [4.78, 5) is 53.5. The molecule has 0 aromatic heterocycles. The van der Waals surface area contributed by atoms with Crippen LogP contribution in [-0.4, -0.2) is 72.9 Å². The molecule has 32 heavy (non-hydrogen) atoms. The number of amides is 2. The van der Waals surface area contributed by atoms with Gasteiger partial charge in [0, 0.05) is 38.0 Å². The molecule has 3 aliphatic rings. The maximum absolute atomic E-state index is 13.0. The van der Waals surface area contributed by atoms with E-state index in [1.165, 1.54) is 0 Å². The van der Waals surface area contributed by atoms with E-state index in [0.717, 1.165) is 25.7 Å². The molecular formula is C24H38N2O6. The molecule has 2 amide bonds. The van der Waals surface area contributed by atoms with Gasteiger partial charge in [0.1, 0.15) is 0 Å². The largest absolute Gasteiger partial charge is 0.466 e. The van der Waals surface area contributed by atoms with Crippen LogP contribution in [0.4, 0.5) is 0 Å². The van der Waals surface area contributed by atoms with Crippen molar-refractivity contribution in [1.82, 2.24) is 9.80 Å². The van der Waals surface area contributed by atoms with Gasteiger partial charge in [-0.1, -0.05) is 0 Å². The molecule has 3 fully saturated rings.